The van der Waals surface area contributed by atoms with Crippen molar-refractivity contribution >= 4 is 15.9 Å². The summed E-state index contributed by atoms with van der Waals surface area (Å²) < 4.78 is 6.86. The summed E-state index contributed by atoms with van der Waals surface area (Å²) in [5, 5.41) is 7.74. The summed E-state index contributed by atoms with van der Waals surface area (Å²) in [6.45, 7) is 3.50. The Kier molecular flexibility index (Phi) is 3.68. The van der Waals surface area contributed by atoms with Gasteiger partial charge in [0.1, 0.15) is 0 Å². The normalized spacial score (nSPS) is 13.2. The van der Waals surface area contributed by atoms with Gasteiger partial charge in [-0.3, -0.25) is 0 Å². The SMILES string of the molecule is CCn1nncc1C(Br)COC. The summed E-state index contributed by atoms with van der Waals surface area (Å²) in [6, 6.07) is 0. The van der Waals surface area contributed by atoms with Gasteiger partial charge in [-0.05, 0) is 6.92 Å². The number of aryl methyl sites for hydroxylation is 1. The highest BCUT2D eigenvalue weighted by molar-refractivity contribution is 9.09. The lowest BCUT2D eigenvalue weighted by molar-refractivity contribution is 0.199. The van der Waals surface area contributed by atoms with Gasteiger partial charge in [0, 0.05) is 13.7 Å². The van der Waals surface area contributed by atoms with Gasteiger partial charge in [-0.15, -0.1) is 5.10 Å². The van der Waals surface area contributed by atoms with E-state index in [9.17, 15) is 0 Å². The van der Waals surface area contributed by atoms with Gasteiger partial charge in [0.25, 0.3) is 0 Å². The first kappa shape index (κ1) is 9.67. The van der Waals surface area contributed by atoms with E-state index in [4.69, 9.17) is 4.74 Å². The largest absolute Gasteiger partial charge is 0.383 e. The smallest absolute Gasteiger partial charge is 0.0814 e. The van der Waals surface area contributed by atoms with Crippen molar-refractivity contribution in [1.82, 2.24) is 15.0 Å². The number of hydrogen-bond acceptors (Lipinski definition) is 3. The van der Waals surface area contributed by atoms with E-state index in [0.29, 0.717) is 6.61 Å². The Morgan fingerprint density at radius 1 is 1.75 bits per heavy atom. The number of aromatic nitrogens is 3. The van der Waals surface area contributed by atoms with Crippen LogP contribution < -0.4 is 0 Å². The second-order valence-corrected chi connectivity index (χ2v) is 3.50. The summed E-state index contributed by atoms with van der Waals surface area (Å²) in [5.41, 5.74) is 1.05. The molecule has 68 valence electrons. The number of halogens is 1. The third-order valence-corrected chi connectivity index (χ3v) is 2.31. The second kappa shape index (κ2) is 4.57. The van der Waals surface area contributed by atoms with Crippen molar-refractivity contribution < 1.29 is 4.74 Å². The standard InChI is InChI=1S/C7H12BrN3O/c1-3-11-7(4-9-10-11)6(8)5-12-2/h4,6H,3,5H2,1-2H3. The molecule has 1 unspecified atom stereocenters. The molecule has 0 fully saturated rings. The van der Waals surface area contributed by atoms with Crippen molar-refractivity contribution in [3.63, 3.8) is 0 Å². The van der Waals surface area contributed by atoms with Crippen molar-refractivity contribution in [2.24, 2.45) is 0 Å². The Morgan fingerprint density at radius 3 is 3.08 bits per heavy atom. The first-order valence-electron chi connectivity index (χ1n) is 3.81. The topological polar surface area (TPSA) is 39.9 Å². The van der Waals surface area contributed by atoms with Crippen LogP contribution in [0.2, 0.25) is 0 Å². The van der Waals surface area contributed by atoms with E-state index in [0.717, 1.165) is 12.2 Å². The van der Waals surface area contributed by atoms with Crippen LogP contribution in [0.3, 0.4) is 0 Å². The van der Waals surface area contributed by atoms with Crippen molar-refractivity contribution in [3.05, 3.63) is 11.9 Å². The summed E-state index contributed by atoms with van der Waals surface area (Å²) in [6.07, 6.45) is 1.75. The van der Waals surface area contributed by atoms with Crippen LogP contribution in [0, 0.1) is 0 Å². The summed E-state index contributed by atoms with van der Waals surface area (Å²) in [4.78, 5) is 0.178. The highest BCUT2D eigenvalue weighted by atomic mass is 79.9. The van der Waals surface area contributed by atoms with Gasteiger partial charge in [-0.1, -0.05) is 21.1 Å². The maximum Gasteiger partial charge on any atom is 0.0814 e. The van der Waals surface area contributed by atoms with Crippen molar-refractivity contribution in [3.8, 4) is 0 Å². The molecule has 1 rings (SSSR count). The van der Waals surface area contributed by atoms with Gasteiger partial charge >= 0.3 is 0 Å². The molecular formula is C7H12BrN3O. The van der Waals surface area contributed by atoms with Crippen LogP contribution in [0.25, 0.3) is 0 Å². The quantitative estimate of drug-likeness (QED) is 0.739. The molecule has 0 aliphatic rings. The molecule has 1 aromatic heterocycles. The molecule has 1 atom stereocenters. The Morgan fingerprint density at radius 2 is 2.50 bits per heavy atom. The number of alkyl halides is 1. The Labute approximate surface area is 80.0 Å². The summed E-state index contributed by atoms with van der Waals surface area (Å²) >= 11 is 3.49. The molecule has 1 aromatic rings. The number of nitrogens with zero attached hydrogens (tertiary/aromatic N) is 3. The minimum atomic E-state index is 0.178. The lowest BCUT2D eigenvalue weighted by Crippen LogP contribution is -2.07. The molecule has 0 N–H and O–H groups in total. The average molecular weight is 234 g/mol. The Hall–Kier alpha value is -0.420. The first-order chi connectivity index (χ1) is 5.79. The summed E-state index contributed by atoms with van der Waals surface area (Å²) in [7, 11) is 1.67. The number of methoxy groups -OCH3 is 1. The van der Waals surface area contributed by atoms with E-state index in [-0.39, 0.29) is 4.83 Å². The Balaban J connectivity index is 2.71. The van der Waals surface area contributed by atoms with E-state index in [2.05, 4.69) is 26.2 Å². The molecule has 0 spiro atoms. The van der Waals surface area contributed by atoms with Crippen LogP contribution in [0.5, 0.6) is 0 Å². The van der Waals surface area contributed by atoms with Gasteiger partial charge in [0.15, 0.2) is 0 Å². The van der Waals surface area contributed by atoms with Crippen LogP contribution in [-0.4, -0.2) is 28.7 Å². The molecule has 0 aliphatic carbocycles. The molecule has 12 heavy (non-hydrogen) atoms. The van der Waals surface area contributed by atoms with Crippen molar-refractivity contribution in [2.75, 3.05) is 13.7 Å². The predicted molar refractivity (Wildman–Crippen MR) is 49.2 cm³/mol. The molecule has 5 heteroatoms. The average Bonchev–Trinajstić information content (AvgIpc) is 2.51. The molecule has 0 radical (unpaired) electrons. The summed E-state index contributed by atoms with van der Waals surface area (Å²) in [5.74, 6) is 0. The fourth-order valence-electron chi connectivity index (χ4n) is 0.986. The second-order valence-electron chi connectivity index (χ2n) is 2.40. The minimum absolute atomic E-state index is 0.178. The van der Waals surface area contributed by atoms with E-state index >= 15 is 0 Å². The predicted octanol–water partition coefficient (Wildman–Crippen LogP) is 1.38. The zero-order valence-electron chi connectivity index (χ0n) is 7.20. The van der Waals surface area contributed by atoms with Crippen LogP contribution in [-0.2, 0) is 11.3 Å². The van der Waals surface area contributed by atoms with Gasteiger partial charge in [-0.2, -0.15) is 0 Å². The number of ether oxygens (including phenoxy) is 1. The van der Waals surface area contributed by atoms with E-state index < -0.39 is 0 Å². The molecule has 0 aliphatic heterocycles. The molecule has 4 nitrogen and oxygen atoms in total. The molecule has 0 aromatic carbocycles. The lowest BCUT2D eigenvalue weighted by Gasteiger charge is -2.08. The maximum atomic E-state index is 5.01. The molecule has 0 amide bonds. The van der Waals surface area contributed by atoms with Gasteiger partial charge < -0.3 is 4.74 Å². The highest BCUT2D eigenvalue weighted by Crippen LogP contribution is 2.21. The van der Waals surface area contributed by atoms with E-state index in [1.54, 1.807) is 13.3 Å². The zero-order chi connectivity index (χ0) is 8.97. The maximum absolute atomic E-state index is 5.01. The monoisotopic (exact) mass is 233 g/mol. The van der Waals surface area contributed by atoms with Crippen LogP contribution in [0.4, 0.5) is 0 Å². The van der Waals surface area contributed by atoms with E-state index in [1.807, 2.05) is 11.6 Å². The van der Waals surface area contributed by atoms with Crippen molar-refractivity contribution in [1.29, 1.82) is 0 Å². The first-order valence-corrected chi connectivity index (χ1v) is 4.72. The Bertz CT molecular complexity index is 238. The van der Waals surface area contributed by atoms with Crippen LogP contribution in [0.15, 0.2) is 6.20 Å². The van der Waals surface area contributed by atoms with Crippen LogP contribution >= 0.6 is 15.9 Å². The van der Waals surface area contributed by atoms with Gasteiger partial charge in [0.05, 0.1) is 23.3 Å². The molecule has 0 saturated carbocycles. The van der Waals surface area contributed by atoms with Gasteiger partial charge in [0.2, 0.25) is 0 Å². The highest BCUT2D eigenvalue weighted by Gasteiger charge is 2.12. The third kappa shape index (κ3) is 2.04. The zero-order valence-corrected chi connectivity index (χ0v) is 8.78. The fourth-order valence-corrected chi connectivity index (χ4v) is 1.60. The minimum Gasteiger partial charge on any atom is -0.383 e. The molecular weight excluding hydrogens is 222 g/mol. The lowest BCUT2D eigenvalue weighted by atomic mass is 10.3. The van der Waals surface area contributed by atoms with Gasteiger partial charge in [-0.25, -0.2) is 4.68 Å². The third-order valence-electron chi connectivity index (χ3n) is 1.58. The van der Waals surface area contributed by atoms with E-state index in [1.165, 1.54) is 0 Å². The molecule has 1 heterocycles. The number of rotatable bonds is 4. The molecule has 0 saturated heterocycles. The fraction of sp³-hybridized carbons (Fsp3) is 0.714. The van der Waals surface area contributed by atoms with Crippen LogP contribution in [0.1, 0.15) is 17.4 Å². The molecule has 0 bridgehead atoms. The van der Waals surface area contributed by atoms with Crippen molar-refractivity contribution in [2.45, 2.75) is 18.3 Å². The number of hydrogen-bond donors (Lipinski definition) is 0.